The molecule has 0 radical (unpaired) electrons. The first-order valence-corrected chi connectivity index (χ1v) is 4.91. The van der Waals surface area contributed by atoms with Crippen molar-refractivity contribution in [3.63, 3.8) is 0 Å². The maximum Gasteiger partial charge on any atom is 0.0804 e. The van der Waals surface area contributed by atoms with Gasteiger partial charge in [-0.3, -0.25) is 0 Å². The summed E-state index contributed by atoms with van der Waals surface area (Å²) in [5.41, 5.74) is 1.26. The largest absolute Gasteiger partial charge is 0.372 e. The molecule has 1 aliphatic rings. The van der Waals surface area contributed by atoms with Crippen molar-refractivity contribution in [1.29, 1.82) is 0 Å². The minimum Gasteiger partial charge on any atom is -0.372 e. The number of thioether (sulfide) groups is 1. The van der Waals surface area contributed by atoms with Gasteiger partial charge in [0.25, 0.3) is 0 Å². The summed E-state index contributed by atoms with van der Waals surface area (Å²) in [6, 6.07) is 8.40. The maximum absolute atomic E-state index is 3.73. The minimum absolute atomic E-state index is 0.486. The molecule has 2 rings (SSSR count). The lowest BCUT2D eigenvalue weighted by Gasteiger charge is -2.05. The van der Waals surface area contributed by atoms with Gasteiger partial charge in [0, 0.05) is 10.6 Å². The number of hydrogen-bond donors (Lipinski definition) is 1. The predicted molar refractivity (Wildman–Crippen MR) is 54.5 cm³/mol. The molecule has 1 N–H and O–H groups in total. The Morgan fingerprint density at radius 1 is 1.50 bits per heavy atom. The fraction of sp³-hybridized carbons (Fsp3) is 0.200. The van der Waals surface area contributed by atoms with Crippen LogP contribution in [0.4, 0.5) is 5.69 Å². The van der Waals surface area contributed by atoms with Crippen LogP contribution in [-0.4, -0.2) is 5.37 Å². The molecule has 1 aromatic carbocycles. The predicted octanol–water partition coefficient (Wildman–Crippen LogP) is 3.11. The SMILES string of the molecule is C=CC[C@@H]1Nc2ccccc2S1. The number of rotatable bonds is 2. The second kappa shape index (κ2) is 3.23. The van der Waals surface area contributed by atoms with E-state index in [0.29, 0.717) is 5.37 Å². The van der Waals surface area contributed by atoms with Crippen LogP contribution < -0.4 is 5.32 Å². The molecule has 0 aliphatic carbocycles. The summed E-state index contributed by atoms with van der Waals surface area (Å²) < 4.78 is 0. The third kappa shape index (κ3) is 1.34. The lowest BCUT2D eigenvalue weighted by Crippen LogP contribution is -2.07. The van der Waals surface area contributed by atoms with E-state index in [0.717, 1.165) is 6.42 Å². The standard InChI is InChI=1S/C10H11NS/c1-2-5-10-11-8-6-3-4-7-9(8)12-10/h2-4,6-7,10-11H,1,5H2/t10-/m1/s1. The normalized spacial score (nSPS) is 19.8. The van der Waals surface area contributed by atoms with Crippen molar-refractivity contribution in [1.82, 2.24) is 0 Å². The Balaban J connectivity index is 2.16. The van der Waals surface area contributed by atoms with Gasteiger partial charge in [0.2, 0.25) is 0 Å². The fourth-order valence-corrected chi connectivity index (χ4v) is 2.44. The van der Waals surface area contributed by atoms with E-state index >= 15 is 0 Å². The fourth-order valence-electron chi connectivity index (χ4n) is 1.30. The Morgan fingerprint density at radius 3 is 3.08 bits per heavy atom. The molecule has 0 amide bonds. The number of fused-ring (bicyclic) bond motifs is 1. The van der Waals surface area contributed by atoms with Crippen molar-refractivity contribution in [2.24, 2.45) is 0 Å². The van der Waals surface area contributed by atoms with Crippen LogP contribution in [0.1, 0.15) is 6.42 Å². The van der Waals surface area contributed by atoms with Gasteiger partial charge in [-0.15, -0.1) is 6.58 Å². The van der Waals surface area contributed by atoms with E-state index in [2.05, 4.69) is 36.2 Å². The van der Waals surface area contributed by atoms with Crippen molar-refractivity contribution in [2.45, 2.75) is 16.7 Å². The van der Waals surface area contributed by atoms with Crippen LogP contribution in [0.2, 0.25) is 0 Å². The molecule has 0 spiro atoms. The molecule has 0 unspecified atom stereocenters. The summed E-state index contributed by atoms with van der Waals surface area (Å²) in [4.78, 5) is 1.35. The van der Waals surface area contributed by atoms with Crippen LogP contribution in [0, 0.1) is 0 Å². The molecule has 1 aliphatic heterocycles. The Bertz CT molecular complexity index is 271. The molecule has 0 fully saturated rings. The van der Waals surface area contributed by atoms with Crippen molar-refractivity contribution in [2.75, 3.05) is 5.32 Å². The number of benzene rings is 1. The highest BCUT2D eigenvalue weighted by Gasteiger charge is 2.18. The van der Waals surface area contributed by atoms with Crippen LogP contribution in [0.5, 0.6) is 0 Å². The highest BCUT2D eigenvalue weighted by Crippen LogP contribution is 2.39. The van der Waals surface area contributed by atoms with Gasteiger partial charge in [-0.25, -0.2) is 0 Å². The first kappa shape index (κ1) is 7.74. The van der Waals surface area contributed by atoms with Crippen LogP contribution in [0.15, 0.2) is 41.8 Å². The molecule has 1 heterocycles. The zero-order valence-corrected chi connectivity index (χ0v) is 7.60. The van der Waals surface area contributed by atoms with Gasteiger partial charge in [-0.05, 0) is 18.6 Å². The average molecular weight is 177 g/mol. The van der Waals surface area contributed by atoms with Crippen molar-refractivity contribution >= 4 is 17.4 Å². The van der Waals surface area contributed by atoms with Gasteiger partial charge < -0.3 is 5.32 Å². The van der Waals surface area contributed by atoms with E-state index < -0.39 is 0 Å². The minimum atomic E-state index is 0.486. The lowest BCUT2D eigenvalue weighted by molar-refractivity contribution is 1.01. The molecule has 0 saturated heterocycles. The summed E-state index contributed by atoms with van der Waals surface area (Å²) >= 11 is 1.88. The summed E-state index contributed by atoms with van der Waals surface area (Å²) in [5.74, 6) is 0. The number of hydrogen-bond acceptors (Lipinski definition) is 2. The number of para-hydroxylation sites is 1. The van der Waals surface area contributed by atoms with E-state index in [-0.39, 0.29) is 0 Å². The Morgan fingerprint density at radius 2 is 2.33 bits per heavy atom. The van der Waals surface area contributed by atoms with Crippen LogP contribution >= 0.6 is 11.8 Å². The molecular weight excluding hydrogens is 166 g/mol. The van der Waals surface area contributed by atoms with Crippen LogP contribution in [0.25, 0.3) is 0 Å². The summed E-state index contributed by atoms with van der Waals surface area (Å²) in [5, 5.41) is 3.91. The maximum atomic E-state index is 3.73. The van der Waals surface area contributed by atoms with E-state index in [1.54, 1.807) is 0 Å². The Labute approximate surface area is 76.9 Å². The lowest BCUT2D eigenvalue weighted by atomic mass is 10.3. The first-order chi connectivity index (χ1) is 5.90. The van der Waals surface area contributed by atoms with E-state index in [9.17, 15) is 0 Å². The second-order valence-corrected chi connectivity index (χ2v) is 4.02. The number of nitrogens with one attached hydrogen (secondary N) is 1. The Hall–Kier alpha value is -0.890. The molecule has 0 saturated carbocycles. The van der Waals surface area contributed by atoms with Gasteiger partial charge >= 0.3 is 0 Å². The van der Waals surface area contributed by atoms with Gasteiger partial charge in [0.05, 0.1) is 5.37 Å². The molecule has 1 aromatic rings. The molecule has 1 atom stereocenters. The average Bonchev–Trinajstić information content (AvgIpc) is 2.47. The number of anilines is 1. The highest BCUT2D eigenvalue weighted by molar-refractivity contribution is 8.00. The summed E-state index contributed by atoms with van der Waals surface area (Å²) in [6.07, 6.45) is 2.97. The van der Waals surface area contributed by atoms with Crippen molar-refractivity contribution in [3.8, 4) is 0 Å². The van der Waals surface area contributed by atoms with Gasteiger partial charge in [0.15, 0.2) is 0 Å². The van der Waals surface area contributed by atoms with E-state index in [1.165, 1.54) is 10.6 Å². The van der Waals surface area contributed by atoms with Crippen molar-refractivity contribution < 1.29 is 0 Å². The van der Waals surface area contributed by atoms with Crippen LogP contribution in [-0.2, 0) is 0 Å². The Kier molecular flexibility index (Phi) is 2.09. The van der Waals surface area contributed by atoms with Gasteiger partial charge in [-0.1, -0.05) is 30.0 Å². The molecule has 12 heavy (non-hydrogen) atoms. The molecular formula is C10H11NS. The highest BCUT2D eigenvalue weighted by atomic mass is 32.2. The van der Waals surface area contributed by atoms with Crippen LogP contribution in [0.3, 0.4) is 0 Å². The third-order valence-corrected chi connectivity index (χ3v) is 3.06. The molecule has 0 aromatic heterocycles. The van der Waals surface area contributed by atoms with E-state index in [4.69, 9.17) is 0 Å². The summed E-state index contributed by atoms with van der Waals surface area (Å²) in [7, 11) is 0. The van der Waals surface area contributed by atoms with Gasteiger partial charge in [0.1, 0.15) is 0 Å². The zero-order valence-electron chi connectivity index (χ0n) is 6.79. The monoisotopic (exact) mass is 177 g/mol. The van der Waals surface area contributed by atoms with E-state index in [1.807, 2.05) is 17.8 Å². The van der Waals surface area contributed by atoms with Crippen molar-refractivity contribution in [3.05, 3.63) is 36.9 Å². The van der Waals surface area contributed by atoms with Gasteiger partial charge in [-0.2, -0.15) is 0 Å². The molecule has 1 nitrogen and oxygen atoms in total. The second-order valence-electron chi connectivity index (χ2n) is 2.77. The summed E-state index contributed by atoms with van der Waals surface area (Å²) in [6.45, 7) is 3.73. The zero-order chi connectivity index (χ0) is 8.39. The quantitative estimate of drug-likeness (QED) is 0.697. The molecule has 2 heteroatoms. The molecule has 62 valence electrons. The molecule has 0 bridgehead atoms. The third-order valence-electron chi connectivity index (χ3n) is 1.85. The topological polar surface area (TPSA) is 12.0 Å². The smallest absolute Gasteiger partial charge is 0.0804 e. The first-order valence-electron chi connectivity index (χ1n) is 4.03.